The predicted molar refractivity (Wildman–Crippen MR) is 150 cm³/mol. The normalized spacial score (nSPS) is 19.1. The zero-order valence-electron chi connectivity index (χ0n) is 23.2. The molecule has 1 amide bonds. The minimum atomic E-state index is -1.11. The van der Waals surface area contributed by atoms with Gasteiger partial charge >= 0.3 is 12.2 Å². The molecule has 0 unspecified atom stereocenters. The molecule has 2 aromatic rings. The average Bonchev–Trinajstić information content (AvgIpc) is 2.91. The molecule has 2 aliphatic rings. The molecule has 2 aliphatic carbocycles. The number of allylic oxidation sites excluding steroid dienone is 2. The van der Waals surface area contributed by atoms with Crippen LogP contribution in [0.3, 0.4) is 0 Å². The van der Waals surface area contributed by atoms with E-state index < -0.39 is 23.6 Å². The molecule has 0 aromatic heterocycles. The van der Waals surface area contributed by atoms with Gasteiger partial charge in [0.2, 0.25) is 5.78 Å². The molecule has 40 heavy (non-hydrogen) atoms. The summed E-state index contributed by atoms with van der Waals surface area (Å²) in [7, 11) is 1.52. The molecule has 0 aliphatic heterocycles. The van der Waals surface area contributed by atoms with Crippen molar-refractivity contribution in [1.29, 1.82) is 0 Å². The van der Waals surface area contributed by atoms with Crippen molar-refractivity contribution in [1.82, 2.24) is 4.90 Å². The molecule has 1 saturated carbocycles. The summed E-state index contributed by atoms with van der Waals surface area (Å²) in [5.41, 5.74) is 1.25. The summed E-state index contributed by atoms with van der Waals surface area (Å²) in [6.45, 7) is 5.14. The number of hydrogen-bond acceptors (Lipinski definition) is 7. The Morgan fingerprint density at radius 2 is 1.48 bits per heavy atom. The summed E-state index contributed by atoms with van der Waals surface area (Å²) in [6, 6.07) is 14.3. The second-order valence-electron chi connectivity index (χ2n) is 11.1. The number of hydrogen-bond donors (Lipinski definition) is 0. The maximum absolute atomic E-state index is 13.6. The molecule has 2 aromatic carbocycles. The molecular weight excluding hydrogens is 534 g/mol. The van der Waals surface area contributed by atoms with Gasteiger partial charge in [-0.2, -0.15) is 0 Å². The summed E-state index contributed by atoms with van der Waals surface area (Å²) in [4.78, 5) is 53.1. The maximum atomic E-state index is 13.6. The molecule has 8 nitrogen and oxygen atoms in total. The zero-order chi connectivity index (χ0) is 29.0. The van der Waals surface area contributed by atoms with E-state index in [-0.39, 0.29) is 41.7 Å². The number of likely N-dealkylation sites (N-methyl/N-ethyl adjacent to an activating group) is 1. The number of ketones is 2. The molecule has 0 radical (unpaired) electrons. The fraction of sp³-hybridized carbons (Fsp3) is 0.419. The number of benzene rings is 2. The Labute approximate surface area is 239 Å². The Balaban J connectivity index is 1.47. The molecule has 0 bridgehead atoms. The van der Waals surface area contributed by atoms with Gasteiger partial charge in [-0.3, -0.25) is 9.59 Å². The molecule has 0 atom stereocenters. The highest BCUT2D eigenvalue weighted by atomic mass is 35.5. The van der Waals surface area contributed by atoms with Crippen LogP contribution in [-0.2, 0) is 14.2 Å². The van der Waals surface area contributed by atoms with Crippen LogP contribution in [0, 0.1) is 5.92 Å². The predicted octanol–water partition coefficient (Wildman–Crippen LogP) is 6.97. The highest BCUT2D eigenvalue weighted by molar-refractivity contribution is 6.30. The zero-order valence-corrected chi connectivity index (χ0v) is 24.0. The summed E-state index contributed by atoms with van der Waals surface area (Å²) in [5, 5.41) is 0.678. The van der Waals surface area contributed by atoms with Crippen LogP contribution in [-0.4, -0.2) is 54.5 Å². The lowest BCUT2D eigenvalue weighted by Crippen LogP contribution is -2.36. The lowest BCUT2D eigenvalue weighted by atomic mass is 9.72. The van der Waals surface area contributed by atoms with Gasteiger partial charge in [0, 0.05) is 23.2 Å². The monoisotopic (exact) mass is 567 g/mol. The first-order chi connectivity index (χ1) is 18.9. The molecule has 1 fully saturated rings. The Morgan fingerprint density at radius 1 is 0.900 bits per heavy atom. The van der Waals surface area contributed by atoms with Gasteiger partial charge in [-0.15, -0.1) is 0 Å². The van der Waals surface area contributed by atoms with Crippen molar-refractivity contribution >= 4 is 35.4 Å². The van der Waals surface area contributed by atoms with Crippen LogP contribution in [0.2, 0.25) is 5.02 Å². The minimum absolute atomic E-state index is 0.0559. The third-order valence-electron chi connectivity index (χ3n) is 7.13. The van der Waals surface area contributed by atoms with E-state index in [1.165, 1.54) is 17.5 Å². The van der Waals surface area contributed by atoms with Crippen molar-refractivity contribution in [2.75, 3.05) is 20.2 Å². The van der Waals surface area contributed by atoms with E-state index in [1.807, 2.05) is 24.3 Å². The topological polar surface area (TPSA) is 99.2 Å². The largest absolute Gasteiger partial charge is 0.514 e. The van der Waals surface area contributed by atoms with Crippen molar-refractivity contribution in [3.8, 4) is 0 Å². The van der Waals surface area contributed by atoms with Gasteiger partial charge in [0.1, 0.15) is 12.2 Å². The van der Waals surface area contributed by atoms with Gasteiger partial charge in [0.05, 0.1) is 12.1 Å². The van der Waals surface area contributed by atoms with E-state index in [0.29, 0.717) is 29.3 Å². The molecule has 0 N–H and O–H groups in total. The number of fused-ring (bicyclic) bond motifs is 1. The first kappa shape index (κ1) is 29.3. The van der Waals surface area contributed by atoms with E-state index in [1.54, 1.807) is 45.0 Å². The van der Waals surface area contributed by atoms with Gasteiger partial charge in [-0.25, -0.2) is 9.59 Å². The van der Waals surface area contributed by atoms with Gasteiger partial charge < -0.3 is 19.1 Å². The Bertz CT molecular complexity index is 1320. The number of carbonyl (C=O) groups is 4. The summed E-state index contributed by atoms with van der Waals surface area (Å²) >= 11 is 6.04. The van der Waals surface area contributed by atoms with Crippen molar-refractivity contribution in [2.24, 2.45) is 5.92 Å². The third kappa shape index (κ3) is 6.91. The van der Waals surface area contributed by atoms with Crippen molar-refractivity contribution in [3.63, 3.8) is 0 Å². The van der Waals surface area contributed by atoms with E-state index in [9.17, 15) is 19.2 Å². The fourth-order valence-corrected chi connectivity index (χ4v) is 5.23. The van der Waals surface area contributed by atoms with Gasteiger partial charge in [-0.1, -0.05) is 48.0 Å². The smallest absolute Gasteiger partial charge is 0.444 e. The Kier molecular flexibility index (Phi) is 8.98. The van der Waals surface area contributed by atoms with Crippen molar-refractivity contribution in [2.45, 2.75) is 58.0 Å². The highest BCUT2D eigenvalue weighted by Gasteiger charge is 2.40. The van der Waals surface area contributed by atoms with Crippen LogP contribution in [0.15, 0.2) is 59.9 Å². The number of halogens is 1. The molecule has 0 heterocycles. The lowest BCUT2D eigenvalue weighted by molar-refractivity contribution is 0.0224. The number of ether oxygens (including phenoxy) is 3. The van der Waals surface area contributed by atoms with E-state index in [2.05, 4.69) is 0 Å². The molecule has 4 rings (SSSR count). The van der Waals surface area contributed by atoms with Crippen LogP contribution in [0.5, 0.6) is 0 Å². The van der Waals surface area contributed by atoms with Crippen LogP contribution < -0.4 is 0 Å². The summed E-state index contributed by atoms with van der Waals surface area (Å²) in [5.74, 6) is -1.03. The molecule has 0 spiro atoms. The van der Waals surface area contributed by atoms with Crippen molar-refractivity contribution in [3.05, 3.63) is 81.6 Å². The van der Waals surface area contributed by atoms with Gasteiger partial charge in [0.25, 0.3) is 0 Å². The average molecular weight is 568 g/mol. The molecular formula is C31H34ClNO7. The highest BCUT2D eigenvalue weighted by Crippen LogP contribution is 2.42. The number of nitrogens with zero attached hydrogens (tertiary/aromatic N) is 1. The lowest BCUT2D eigenvalue weighted by Gasteiger charge is -2.32. The third-order valence-corrected chi connectivity index (χ3v) is 7.38. The number of Topliss-reactive ketones (excluding diaryl/α,β-unsaturated/α-hetero) is 2. The Hall–Kier alpha value is -3.65. The van der Waals surface area contributed by atoms with E-state index in [0.717, 1.165) is 12.8 Å². The first-order valence-corrected chi connectivity index (χ1v) is 13.8. The van der Waals surface area contributed by atoms with Crippen molar-refractivity contribution < 1.29 is 33.4 Å². The van der Waals surface area contributed by atoms with E-state index >= 15 is 0 Å². The SMILES string of the molecule is CN(CCOC(=O)OC1=C([C@H]2CC[C@H](c3ccc(Cl)cc3)CC2)C(=O)c2ccccc2C1=O)C(=O)OC(C)(C)C. The van der Waals surface area contributed by atoms with Crippen LogP contribution in [0.4, 0.5) is 9.59 Å². The first-order valence-electron chi connectivity index (χ1n) is 13.4. The maximum Gasteiger partial charge on any atom is 0.514 e. The second-order valence-corrected chi connectivity index (χ2v) is 11.6. The standard InChI is InChI=1S/C31H34ClNO7/c1-31(2,3)40-29(36)33(4)17-18-38-30(37)39-28-25(26(34)23-7-5-6-8-24(23)27(28)35)21-11-9-19(10-12-21)20-13-15-22(32)16-14-20/h5-8,13-16,19,21H,9-12,17-18H2,1-4H3/t19-,21-. The molecule has 0 saturated heterocycles. The van der Waals surface area contributed by atoms with Gasteiger partial charge in [-0.05, 0) is 76.0 Å². The quantitative estimate of drug-likeness (QED) is 0.348. The summed E-state index contributed by atoms with van der Waals surface area (Å²) < 4.78 is 15.9. The Morgan fingerprint density at radius 3 is 2.08 bits per heavy atom. The molecule has 212 valence electrons. The van der Waals surface area contributed by atoms with Crippen LogP contribution in [0.1, 0.15) is 78.7 Å². The number of carbonyl (C=O) groups excluding carboxylic acids is 4. The van der Waals surface area contributed by atoms with Crippen LogP contribution >= 0.6 is 11.6 Å². The number of rotatable bonds is 6. The minimum Gasteiger partial charge on any atom is -0.444 e. The van der Waals surface area contributed by atoms with Crippen LogP contribution in [0.25, 0.3) is 0 Å². The summed E-state index contributed by atoms with van der Waals surface area (Å²) in [6.07, 6.45) is 1.27. The number of amides is 1. The fourth-order valence-electron chi connectivity index (χ4n) is 5.10. The molecule has 9 heteroatoms. The van der Waals surface area contributed by atoms with E-state index in [4.69, 9.17) is 25.8 Å². The van der Waals surface area contributed by atoms with Gasteiger partial charge in [0.15, 0.2) is 11.5 Å². The second kappa shape index (κ2) is 12.3.